The molecule has 1 unspecified atom stereocenters. The average Bonchev–Trinajstić information content (AvgIpc) is 1.85. The highest BCUT2D eigenvalue weighted by molar-refractivity contribution is 5.72. The molecule has 0 aromatic rings. The first kappa shape index (κ1) is 9.43. The summed E-state index contributed by atoms with van der Waals surface area (Å²) in [6, 6.07) is 0. The Morgan fingerprint density at radius 2 is 1.90 bits per heavy atom. The van der Waals surface area contributed by atoms with E-state index in [1.807, 2.05) is 0 Å². The predicted octanol–water partition coefficient (Wildman–Crippen LogP) is 1.00. The number of rotatable bonds is 3. The Hall–Kier alpha value is -0.570. The van der Waals surface area contributed by atoms with Crippen LogP contribution in [0.25, 0.3) is 0 Å². The van der Waals surface area contributed by atoms with Crippen molar-refractivity contribution in [2.75, 3.05) is 6.61 Å². The van der Waals surface area contributed by atoms with Crippen LogP contribution in [0.3, 0.4) is 0 Å². The molecule has 0 aromatic carbocycles. The lowest BCUT2D eigenvalue weighted by Crippen LogP contribution is -2.20. The summed E-state index contributed by atoms with van der Waals surface area (Å²) in [6.07, 6.45) is -0.124. The van der Waals surface area contributed by atoms with Gasteiger partial charge in [0.05, 0.1) is 18.6 Å². The lowest BCUT2D eigenvalue weighted by molar-refractivity contribution is -0.153. The summed E-state index contributed by atoms with van der Waals surface area (Å²) >= 11 is 0. The molecule has 0 rings (SSSR count). The van der Waals surface area contributed by atoms with E-state index in [-0.39, 0.29) is 6.10 Å². The van der Waals surface area contributed by atoms with E-state index in [0.29, 0.717) is 0 Å². The molecule has 0 spiro atoms. The van der Waals surface area contributed by atoms with E-state index in [9.17, 15) is 9.90 Å². The van der Waals surface area contributed by atoms with Crippen molar-refractivity contribution in [1.82, 2.24) is 0 Å². The first-order chi connectivity index (χ1) is 4.57. The number of esters is 1. The molecule has 0 aromatic heterocycles. The van der Waals surface area contributed by atoms with Crippen LogP contribution >= 0.6 is 0 Å². The SMILES string of the molecule is CC(C)OC(=O)C(C)C[O]. The van der Waals surface area contributed by atoms with Gasteiger partial charge in [-0.05, 0) is 20.8 Å². The minimum absolute atomic E-state index is 0.124. The molecule has 3 nitrogen and oxygen atoms in total. The summed E-state index contributed by atoms with van der Waals surface area (Å²) < 4.78 is 4.76. The maximum Gasteiger partial charge on any atom is 0.311 e. The van der Waals surface area contributed by atoms with Gasteiger partial charge in [-0.2, -0.15) is 0 Å². The van der Waals surface area contributed by atoms with Gasteiger partial charge >= 0.3 is 5.97 Å². The van der Waals surface area contributed by atoms with Crippen LogP contribution in [-0.4, -0.2) is 18.7 Å². The minimum Gasteiger partial charge on any atom is -0.463 e. The summed E-state index contributed by atoms with van der Waals surface area (Å²) in [5, 5.41) is 10.2. The first-order valence-electron chi connectivity index (χ1n) is 3.36. The van der Waals surface area contributed by atoms with Crippen molar-refractivity contribution in [2.24, 2.45) is 5.92 Å². The molecule has 1 atom stereocenters. The molecule has 3 heteroatoms. The monoisotopic (exact) mass is 145 g/mol. The summed E-state index contributed by atoms with van der Waals surface area (Å²) in [6.45, 7) is 4.69. The van der Waals surface area contributed by atoms with Gasteiger partial charge < -0.3 is 4.74 Å². The van der Waals surface area contributed by atoms with E-state index < -0.39 is 18.5 Å². The first-order valence-corrected chi connectivity index (χ1v) is 3.36. The highest BCUT2D eigenvalue weighted by Gasteiger charge is 2.14. The standard InChI is InChI=1S/C7H13O3/c1-5(2)10-7(9)6(3)4-8/h5-6H,4H2,1-3H3. The topological polar surface area (TPSA) is 46.2 Å². The minimum atomic E-state index is -0.512. The quantitative estimate of drug-likeness (QED) is 0.556. The average molecular weight is 145 g/mol. The maximum absolute atomic E-state index is 10.8. The second-order valence-corrected chi connectivity index (χ2v) is 2.55. The van der Waals surface area contributed by atoms with Crippen LogP contribution < -0.4 is 0 Å². The molecule has 0 aliphatic rings. The number of hydrogen-bond acceptors (Lipinski definition) is 2. The molecule has 10 heavy (non-hydrogen) atoms. The number of hydrogen-bond donors (Lipinski definition) is 0. The van der Waals surface area contributed by atoms with Crippen LogP contribution in [0.4, 0.5) is 0 Å². The van der Waals surface area contributed by atoms with Gasteiger partial charge in [-0.1, -0.05) is 0 Å². The molecule has 0 aliphatic heterocycles. The smallest absolute Gasteiger partial charge is 0.311 e. The van der Waals surface area contributed by atoms with Crippen molar-refractivity contribution < 1.29 is 14.6 Å². The van der Waals surface area contributed by atoms with Crippen LogP contribution in [0.1, 0.15) is 20.8 Å². The van der Waals surface area contributed by atoms with Gasteiger partial charge in [0, 0.05) is 0 Å². The summed E-state index contributed by atoms with van der Waals surface area (Å²) in [5.74, 6) is -0.910. The predicted molar refractivity (Wildman–Crippen MR) is 35.9 cm³/mol. The molecular weight excluding hydrogens is 132 g/mol. The highest BCUT2D eigenvalue weighted by Crippen LogP contribution is 1.99. The zero-order chi connectivity index (χ0) is 8.15. The zero-order valence-electron chi connectivity index (χ0n) is 6.59. The van der Waals surface area contributed by atoms with E-state index in [0.717, 1.165) is 0 Å². The van der Waals surface area contributed by atoms with Crippen molar-refractivity contribution in [2.45, 2.75) is 26.9 Å². The fourth-order valence-electron chi connectivity index (χ4n) is 0.417. The zero-order valence-corrected chi connectivity index (χ0v) is 6.59. The van der Waals surface area contributed by atoms with E-state index in [2.05, 4.69) is 0 Å². The van der Waals surface area contributed by atoms with Gasteiger partial charge in [0.1, 0.15) is 0 Å². The summed E-state index contributed by atoms with van der Waals surface area (Å²) in [4.78, 5) is 10.8. The van der Waals surface area contributed by atoms with E-state index >= 15 is 0 Å². The third-order valence-corrected chi connectivity index (χ3v) is 1.00. The molecule has 0 heterocycles. The highest BCUT2D eigenvalue weighted by atomic mass is 16.5. The molecule has 0 N–H and O–H groups in total. The van der Waals surface area contributed by atoms with Crippen LogP contribution in [0.15, 0.2) is 0 Å². The Balaban J connectivity index is 3.62. The lowest BCUT2D eigenvalue weighted by atomic mass is 10.2. The molecule has 0 amide bonds. The van der Waals surface area contributed by atoms with Gasteiger partial charge in [0.2, 0.25) is 0 Å². The molecule has 0 aliphatic carbocycles. The molecule has 59 valence electrons. The second kappa shape index (κ2) is 4.28. The number of carbonyl (C=O) groups is 1. The Morgan fingerprint density at radius 1 is 1.40 bits per heavy atom. The van der Waals surface area contributed by atoms with E-state index in [1.165, 1.54) is 0 Å². The molecule has 0 saturated heterocycles. The third kappa shape index (κ3) is 3.45. The van der Waals surface area contributed by atoms with Crippen LogP contribution in [0, 0.1) is 5.92 Å². The van der Waals surface area contributed by atoms with Crippen LogP contribution in [-0.2, 0) is 14.6 Å². The normalized spacial score (nSPS) is 13.3. The number of carbonyl (C=O) groups excluding carboxylic acids is 1. The van der Waals surface area contributed by atoms with Gasteiger partial charge in [0.25, 0.3) is 0 Å². The van der Waals surface area contributed by atoms with Crippen LogP contribution in [0.2, 0.25) is 0 Å². The van der Waals surface area contributed by atoms with E-state index in [1.54, 1.807) is 20.8 Å². The van der Waals surface area contributed by atoms with Gasteiger partial charge in [-0.25, -0.2) is 5.11 Å². The van der Waals surface area contributed by atoms with Gasteiger partial charge in [-0.3, -0.25) is 4.79 Å². The molecule has 1 radical (unpaired) electrons. The van der Waals surface area contributed by atoms with Crippen molar-refractivity contribution in [1.29, 1.82) is 0 Å². The molecular formula is C7H13O3. The van der Waals surface area contributed by atoms with Crippen molar-refractivity contribution >= 4 is 5.97 Å². The largest absolute Gasteiger partial charge is 0.463 e. The lowest BCUT2D eigenvalue weighted by Gasteiger charge is -2.10. The summed E-state index contributed by atoms with van der Waals surface area (Å²) in [5.41, 5.74) is 0. The Bertz CT molecular complexity index is 109. The number of ether oxygens (including phenoxy) is 1. The molecule has 0 saturated carbocycles. The third-order valence-electron chi connectivity index (χ3n) is 1.00. The second-order valence-electron chi connectivity index (χ2n) is 2.55. The van der Waals surface area contributed by atoms with Crippen molar-refractivity contribution in [3.63, 3.8) is 0 Å². The Morgan fingerprint density at radius 3 is 2.20 bits per heavy atom. The Kier molecular flexibility index (Phi) is 4.03. The van der Waals surface area contributed by atoms with Gasteiger partial charge in [-0.15, -0.1) is 0 Å². The fourth-order valence-corrected chi connectivity index (χ4v) is 0.417. The van der Waals surface area contributed by atoms with Crippen molar-refractivity contribution in [3.8, 4) is 0 Å². The Labute approximate surface area is 61.0 Å². The van der Waals surface area contributed by atoms with E-state index in [4.69, 9.17) is 4.74 Å². The molecule has 0 bridgehead atoms. The maximum atomic E-state index is 10.8. The van der Waals surface area contributed by atoms with Crippen LogP contribution in [0.5, 0.6) is 0 Å². The molecule has 0 fully saturated rings. The van der Waals surface area contributed by atoms with Gasteiger partial charge in [0.15, 0.2) is 0 Å². The fraction of sp³-hybridized carbons (Fsp3) is 0.857. The van der Waals surface area contributed by atoms with Crippen molar-refractivity contribution in [3.05, 3.63) is 0 Å². The summed E-state index contributed by atoms with van der Waals surface area (Å²) in [7, 11) is 0.